The van der Waals surface area contributed by atoms with E-state index in [1.807, 2.05) is 24.3 Å². The third-order valence-corrected chi connectivity index (χ3v) is 4.61. The van der Waals surface area contributed by atoms with Crippen molar-refractivity contribution in [2.75, 3.05) is 19.6 Å². The third kappa shape index (κ3) is 4.05. The number of β-amino-alcohol motifs (C(OH)–C–C–N with tert-alkyl or cyclic N) is 1. The fourth-order valence-corrected chi connectivity index (χ4v) is 3.03. The molecule has 0 aromatic heterocycles. The molecule has 3 nitrogen and oxygen atoms in total. The van der Waals surface area contributed by atoms with Gasteiger partial charge in [-0.1, -0.05) is 38.1 Å². The van der Waals surface area contributed by atoms with Crippen LogP contribution in [0.25, 0.3) is 0 Å². The first-order valence-electron chi connectivity index (χ1n) is 7.79. The van der Waals surface area contributed by atoms with Crippen molar-refractivity contribution < 1.29 is 5.11 Å². The zero-order chi connectivity index (χ0) is 14.5. The number of rotatable bonds is 5. The maximum Gasteiger partial charge on any atom is 0.0916 e. The van der Waals surface area contributed by atoms with Gasteiger partial charge in [-0.05, 0) is 48.9 Å². The van der Waals surface area contributed by atoms with Crippen LogP contribution in [0.1, 0.15) is 43.9 Å². The van der Waals surface area contributed by atoms with Gasteiger partial charge in [0.25, 0.3) is 0 Å². The number of likely N-dealkylation sites (tertiary alicyclic amines) is 1. The van der Waals surface area contributed by atoms with Gasteiger partial charge in [0.2, 0.25) is 0 Å². The van der Waals surface area contributed by atoms with Crippen LogP contribution in [0.15, 0.2) is 24.3 Å². The van der Waals surface area contributed by atoms with Crippen molar-refractivity contribution >= 4 is 0 Å². The summed E-state index contributed by atoms with van der Waals surface area (Å²) >= 11 is 0. The monoisotopic (exact) mass is 276 g/mol. The minimum absolute atomic E-state index is 0.391. The molecule has 0 saturated carbocycles. The van der Waals surface area contributed by atoms with E-state index in [-0.39, 0.29) is 0 Å². The van der Waals surface area contributed by atoms with Crippen LogP contribution in [0.3, 0.4) is 0 Å². The summed E-state index contributed by atoms with van der Waals surface area (Å²) in [5.41, 5.74) is 7.70. The minimum Gasteiger partial charge on any atom is -0.387 e. The van der Waals surface area contributed by atoms with E-state index in [0.717, 1.165) is 42.6 Å². The molecule has 2 rings (SSSR count). The molecule has 1 aromatic carbocycles. The Balaban J connectivity index is 1.84. The molecule has 0 radical (unpaired) electrons. The zero-order valence-corrected chi connectivity index (χ0v) is 12.8. The van der Waals surface area contributed by atoms with Crippen molar-refractivity contribution in [3.8, 4) is 0 Å². The number of hydrogen-bond acceptors (Lipinski definition) is 3. The van der Waals surface area contributed by atoms with Crippen LogP contribution >= 0.6 is 0 Å². The standard InChI is InChI=1S/C17H28N2O/c1-13(2)15-7-9-19(10-8-15)12-17(20)16-5-3-14(11-18)4-6-16/h3-6,13,15,17,20H,7-12,18H2,1-2H3. The Bertz CT molecular complexity index is 394. The van der Waals surface area contributed by atoms with E-state index in [0.29, 0.717) is 6.54 Å². The highest BCUT2D eigenvalue weighted by Gasteiger charge is 2.23. The second-order valence-electron chi connectivity index (χ2n) is 6.34. The number of nitrogens with two attached hydrogens (primary N) is 1. The summed E-state index contributed by atoms with van der Waals surface area (Å²) in [6.07, 6.45) is 2.13. The van der Waals surface area contributed by atoms with Gasteiger partial charge < -0.3 is 15.7 Å². The molecule has 1 aliphatic rings. The quantitative estimate of drug-likeness (QED) is 0.869. The first-order chi connectivity index (χ1) is 9.60. The van der Waals surface area contributed by atoms with Crippen LogP contribution in [-0.2, 0) is 6.54 Å². The lowest BCUT2D eigenvalue weighted by Crippen LogP contribution is -2.37. The maximum absolute atomic E-state index is 10.3. The molecule has 1 fully saturated rings. The molecule has 1 aliphatic heterocycles. The second-order valence-corrected chi connectivity index (χ2v) is 6.34. The van der Waals surface area contributed by atoms with Gasteiger partial charge in [0.05, 0.1) is 6.10 Å². The van der Waals surface area contributed by atoms with E-state index in [1.54, 1.807) is 0 Å². The van der Waals surface area contributed by atoms with Gasteiger partial charge in [-0.3, -0.25) is 0 Å². The van der Waals surface area contributed by atoms with Crippen molar-refractivity contribution in [3.63, 3.8) is 0 Å². The van der Waals surface area contributed by atoms with E-state index < -0.39 is 6.10 Å². The van der Waals surface area contributed by atoms with Crippen LogP contribution in [0.2, 0.25) is 0 Å². The van der Waals surface area contributed by atoms with Crippen molar-refractivity contribution in [2.45, 2.75) is 39.3 Å². The third-order valence-electron chi connectivity index (χ3n) is 4.61. The van der Waals surface area contributed by atoms with E-state index in [2.05, 4.69) is 18.7 Å². The molecule has 0 aliphatic carbocycles. The van der Waals surface area contributed by atoms with Crippen molar-refractivity contribution in [2.24, 2.45) is 17.6 Å². The summed E-state index contributed by atoms with van der Waals surface area (Å²) in [6, 6.07) is 7.99. The number of aliphatic hydroxyl groups excluding tert-OH is 1. The van der Waals surface area contributed by atoms with Crippen LogP contribution in [0.4, 0.5) is 0 Å². The Morgan fingerprint density at radius 2 is 1.80 bits per heavy atom. The molecule has 3 N–H and O–H groups in total. The normalized spacial score (nSPS) is 19.4. The fourth-order valence-electron chi connectivity index (χ4n) is 3.03. The Hall–Kier alpha value is -0.900. The number of nitrogens with zero attached hydrogens (tertiary/aromatic N) is 1. The molecule has 1 unspecified atom stereocenters. The molecule has 1 aromatic rings. The highest BCUT2D eigenvalue weighted by Crippen LogP contribution is 2.25. The van der Waals surface area contributed by atoms with Gasteiger partial charge in [0.15, 0.2) is 0 Å². The first kappa shape index (κ1) is 15.5. The molecule has 0 amide bonds. The van der Waals surface area contributed by atoms with E-state index in [1.165, 1.54) is 12.8 Å². The number of aliphatic hydroxyl groups is 1. The smallest absolute Gasteiger partial charge is 0.0916 e. The molecule has 1 saturated heterocycles. The van der Waals surface area contributed by atoms with Crippen LogP contribution < -0.4 is 5.73 Å². The summed E-state index contributed by atoms with van der Waals surface area (Å²) in [4.78, 5) is 2.39. The van der Waals surface area contributed by atoms with E-state index in [4.69, 9.17) is 5.73 Å². The molecule has 0 bridgehead atoms. The Morgan fingerprint density at radius 1 is 1.20 bits per heavy atom. The molecular weight excluding hydrogens is 248 g/mol. The van der Waals surface area contributed by atoms with Crippen LogP contribution in [0, 0.1) is 11.8 Å². The lowest BCUT2D eigenvalue weighted by molar-refractivity contribution is 0.0818. The van der Waals surface area contributed by atoms with E-state index >= 15 is 0 Å². The highest BCUT2D eigenvalue weighted by atomic mass is 16.3. The predicted octanol–water partition coefficient (Wildman–Crippen LogP) is 2.55. The average molecular weight is 276 g/mol. The minimum atomic E-state index is -0.391. The second kappa shape index (κ2) is 7.21. The van der Waals surface area contributed by atoms with Crippen molar-refractivity contribution in [1.29, 1.82) is 0 Å². The molecule has 3 heteroatoms. The van der Waals surface area contributed by atoms with Gasteiger partial charge in [0.1, 0.15) is 0 Å². The Morgan fingerprint density at radius 3 is 2.30 bits per heavy atom. The summed E-state index contributed by atoms with van der Waals surface area (Å²) in [7, 11) is 0. The highest BCUT2D eigenvalue weighted by molar-refractivity contribution is 5.24. The predicted molar refractivity (Wildman–Crippen MR) is 83.3 cm³/mol. The molecular formula is C17H28N2O. The Labute approximate surface area is 122 Å². The maximum atomic E-state index is 10.3. The number of benzene rings is 1. The zero-order valence-electron chi connectivity index (χ0n) is 12.8. The van der Waals surface area contributed by atoms with Gasteiger partial charge in [-0.25, -0.2) is 0 Å². The first-order valence-corrected chi connectivity index (χ1v) is 7.79. The van der Waals surface area contributed by atoms with Crippen LogP contribution in [0.5, 0.6) is 0 Å². The summed E-state index contributed by atoms with van der Waals surface area (Å²) in [5, 5.41) is 10.3. The van der Waals surface area contributed by atoms with Crippen molar-refractivity contribution in [1.82, 2.24) is 4.90 Å². The van der Waals surface area contributed by atoms with Gasteiger partial charge in [-0.15, -0.1) is 0 Å². The summed E-state index contributed by atoms with van der Waals surface area (Å²) < 4.78 is 0. The molecule has 112 valence electrons. The number of piperidine rings is 1. The van der Waals surface area contributed by atoms with Crippen molar-refractivity contribution in [3.05, 3.63) is 35.4 Å². The fraction of sp³-hybridized carbons (Fsp3) is 0.647. The Kier molecular flexibility index (Phi) is 5.58. The molecule has 20 heavy (non-hydrogen) atoms. The van der Waals surface area contributed by atoms with Gasteiger partial charge in [0, 0.05) is 13.1 Å². The topological polar surface area (TPSA) is 49.5 Å². The SMILES string of the molecule is CC(C)C1CCN(CC(O)c2ccc(CN)cc2)CC1. The average Bonchev–Trinajstić information content (AvgIpc) is 2.48. The lowest BCUT2D eigenvalue weighted by atomic mass is 9.86. The number of hydrogen-bond donors (Lipinski definition) is 2. The largest absolute Gasteiger partial charge is 0.387 e. The molecule has 0 spiro atoms. The van der Waals surface area contributed by atoms with Gasteiger partial charge >= 0.3 is 0 Å². The van der Waals surface area contributed by atoms with Gasteiger partial charge in [-0.2, -0.15) is 0 Å². The van der Waals surface area contributed by atoms with Crippen LogP contribution in [-0.4, -0.2) is 29.6 Å². The lowest BCUT2D eigenvalue weighted by Gasteiger charge is -2.34. The molecule has 1 atom stereocenters. The van der Waals surface area contributed by atoms with E-state index in [9.17, 15) is 5.11 Å². The summed E-state index contributed by atoms with van der Waals surface area (Å²) in [5.74, 6) is 1.64. The summed E-state index contributed by atoms with van der Waals surface area (Å²) in [6.45, 7) is 8.15. The molecule has 1 heterocycles.